The van der Waals surface area contributed by atoms with Crippen molar-refractivity contribution in [1.82, 2.24) is 0 Å². The molecule has 0 saturated carbocycles. The molecule has 1 rings (SSSR count). The van der Waals surface area contributed by atoms with Gasteiger partial charge >= 0.3 is 0 Å². The molecule has 0 atom stereocenters. The van der Waals surface area contributed by atoms with Gasteiger partial charge in [0.25, 0.3) is 0 Å². The molecule has 0 aliphatic heterocycles. The van der Waals surface area contributed by atoms with E-state index in [0.29, 0.717) is 11.4 Å². The van der Waals surface area contributed by atoms with E-state index in [2.05, 4.69) is 5.32 Å². The summed E-state index contributed by atoms with van der Waals surface area (Å²) in [5, 5.41) is 2.74. The van der Waals surface area contributed by atoms with E-state index in [1.807, 2.05) is 39.8 Å². The second-order valence-electron chi connectivity index (χ2n) is 4.43. The van der Waals surface area contributed by atoms with Crippen LogP contribution in [0.15, 0.2) is 12.1 Å². The van der Waals surface area contributed by atoms with Crippen LogP contribution < -0.4 is 11.1 Å². The minimum absolute atomic E-state index is 0.0397. The molecule has 0 saturated heterocycles. The van der Waals surface area contributed by atoms with Crippen LogP contribution in [0, 0.1) is 13.8 Å². The average Bonchev–Trinajstić information content (AvgIpc) is 2.23. The van der Waals surface area contributed by atoms with E-state index < -0.39 is 0 Å². The lowest BCUT2D eigenvalue weighted by molar-refractivity contribution is -0.121. The minimum Gasteiger partial charge on any atom is -0.397 e. The lowest BCUT2D eigenvalue weighted by atomic mass is 10.1. The Morgan fingerprint density at radius 2 is 1.94 bits per heavy atom. The van der Waals surface area contributed by atoms with Gasteiger partial charge in [-0.2, -0.15) is 0 Å². The minimum atomic E-state index is -0.186. The van der Waals surface area contributed by atoms with Gasteiger partial charge in [0, 0.05) is 0 Å². The maximum Gasteiger partial charge on any atom is 0.250 e. The monoisotopic (exact) mass is 236 g/mol. The quantitative estimate of drug-likeness (QED) is 0.788. The molecular formula is C13H20N2O2. The predicted octanol–water partition coefficient (Wildman–Crippen LogP) is 2.25. The zero-order valence-electron chi connectivity index (χ0n) is 10.8. The van der Waals surface area contributed by atoms with Gasteiger partial charge in [-0.1, -0.05) is 0 Å². The third-order valence-electron chi connectivity index (χ3n) is 2.49. The van der Waals surface area contributed by atoms with Gasteiger partial charge in [-0.3, -0.25) is 4.79 Å². The van der Waals surface area contributed by atoms with E-state index in [0.717, 1.165) is 11.1 Å². The second kappa shape index (κ2) is 5.68. The number of nitrogens with one attached hydrogen (secondary N) is 1. The van der Waals surface area contributed by atoms with Crippen molar-refractivity contribution in [2.75, 3.05) is 17.7 Å². The number of carbonyl (C=O) groups is 1. The lowest BCUT2D eigenvalue weighted by Gasteiger charge is -2.12. The van der Waals surface area contributed by atoms with Crippen LogP contribution >= 0.6 is 0 Å². The first kappa shape index (κ1) is 13.5. The standard InChI is InChI=1S/C13H20N2O2/c1-8(2)17-7-13(16)15-12-6-10(4)9(3)5-11(12)14/h5-6,8H,7,14H2,1-4H3,(H,15,16). The maximum absolute atomic E-state index is 11.6. The molecule has 0 bridgehead atoms. The summed E-state index contributed by atoms with van der Waals surface area (Å²) in [6.45, 7) is 7.79. The largest absolute Gasteiger partial charge is 0.397 e. The van der Waals surface area contributed by atoms with Crippen molar-refractivity contribution in [3.63, 3.8) is 0 Å². The number of nitrogens with two attached hydrogens (primary N) is 1. The number of benzene rings is 1. The Kier molecular flexibility index (Phi) is 4.52. The number of amides is 1. The predicted molar refractivity (Wildman–Crippen MR) is 70.0 cm³/mol. The van der Waals surface area contributed by atoms with Gasteiger partial charge in [-0.15, -0.1) is 0 Å². The summed E-state index contributed by atoms with van der Waals surface area (Å²) in [7, 11) is 0. The second-order valence-corrected chi connectivity index (χ2v) is 4.43. The zero-order chi connectivity index (χ0) is 13.0. The van der Waals surface area contributed by atoms with Crippen LogP contribution in [0.4, 0.5) is 11.4 Å². The van der Waals surface area contributed by atoms with Gasteiger partial charge in [0.05, 0.1) is 17.5 Å². The molecule has 17 heavy (non-hydrogen) atoms. The van der Waals surface area contributed by atoms with Crippen molar-refractivity contribution in [3.8, 4) is 0 Å². The van der Waals surface area contributed by atoms with Crippen molar-refractivity contribution in [3.05, 3.63) is 23.3 Å². The molecule has 1 amide bonds. The topological polar surface area (TPSA) is 64.3 Å². The van der Waals surface area contributed by atoms with Gasteiger partial charge in [-0.25, -0.2) is 0 Å². The summed E-state index contributed by atoms with van der Waals surface area (Å²) < 4.78 is 5.22. The number of nitrogen functional groups attached to an aromatic ring is 1. The fourth-order valence-electron chi connectivity index (χ4n) is 1.38. The molecule has 0 aliphatic carbocycles. The van der Waals surface area contributed by atoms with Gasteiger partial charge in [0.1, 0.15) is 6.61 Å². The van der Waals surface area contributed by atoms with E-state index in [1.54, 1.807) is 0 Å². The van der Waals surface area contributed by atoms with Crippen LogP contribution in [0.5, 0.6) is 0 Å². The third kappa shape index (κ3) is 4.07. The first-order chi connectivity index (χ1) is 7.90. The molecule has 4 heteroatoms. The number of rotatable bonds is 4. The molecule has 4 nitrogen and oxygen atoms in total. The number of aryl methyl sites for hydroxylation is 2. The molecular weight excluding hydrogens is 216 g/mol. The molecule has 0 heterocycles. The number of carbonyl (C=O) groups excluding carboxylic acids is 1. The molecule has 1 aromatic carbocycles. The Hall–Kier alpha value is -1.55. The van der Waals surface area contributed by atoms with Gasteiger partial charge in [-0.05, 0) is 51.0 Å². The summed E-state index contributed by atoms with van der Waals surface area (Å²) in [5.41, 5.74) is 9.26. The molecule has 0 aromatic heterocycles. The van der Waals surface area contributed by atoms with Crippen molar-refractivity contribution in [2.45, 2.75) is 33.8 Å². The summed E-state index contributed by atoms with van der Waals surface area (Å²) in [5.74, 6) is -0.186. The number of hydrogen-bond donors (Lipinski definition) is 2. The van der Waals surface area contributed by atoms with Crippen molar-refractivity contribution in [1.29, 1.82) is 0 Å². The summed E-state index contributed by atoms with van der Waals surface area (Å²) >= 11 is 0. The molecule has 0 unspecified atom stereocenters. The molecule has 0 fully saturated rings. The highest BCUT2D eigenvalue weighted by Gasteiger charge is 2.07. The van der Waals surface area contributed by atoms with Gasteiger partial charge in [0.2, 0.25) is 5.91 Å². The number of anilines is 2. The molecule has 0 aliphatic rings. The highest BCUT2D eigenvalue weighted by molar-refractivity contribution is 5.94. The van der Waals surface area contributed by atoms with Crippen LogP contribution in [0.3, 0.4) is 0 Å². The first-order valence-corrected chi connectivity index (χ1v) is 5.68. The Morgan fingerprint density at radius 3 is 2.53 bits per heavy atom. The smallest absolute Gasteiger partial charge is 0.250 e. The third-order valence-corrected chi connectivity index (χ3v) is 2.49. The number of hydrogen-bond acceptors (Lipinski definition) is 3. The van der Waals surface area contributed by atoms with E-state index in [-0.39, 0.29) is 18.6 Å². The van der Waals surface area contributed by atoms with Crippen molar-refractivity contribution < 1.29 is 9.53 Å². The normalized spacial score (nSPS) is 10.6. The lowest BCUT2D eigenvalue weighted by Crippen LogP contribution is -2.21. The van der Waals surface area contributed by atoms with E-state index in [4.69, 9.17) is 10.5 Å². The highest BCUT2D eigenvalue weighted by Crippen LogP contribution is 2.22. The Bertz CT molecular complexity index is 414. The fraction of sp³-hybridized carbons (Fsp3) is 0.462. The van der Waals surface area contributed by atoms with Crippen LogP contribution in [0.1, 0.15) is 25.0 Å². The zero-order valence-corrected chi connectivity index (χ0v) is 10.8. The molecule has 0 spiro atoms. The molecule has 0 radical (unpaired) electrons. The van der Waals surface area contributed by atoms with Crippen molar-refractivity contribution in [2.24, 2.45) is 0 Å². The molecule has 94 valence electrons. The Labute approximate surface area is 102 Å². The summed E-state index contributed by atoms with van der Waals surface area (Å²) in [6, 6.07) is 3.73. The summed E-state index contributed by atoms with van der Waals surface area (Å²) in [4.78, 5) is 11.6. The molecule has 1 aromatic rings. The van der Waals surface area contributed by atoms with E-state index >= 15 is 0 Å². The van der Waals surface area contributed by atoms with Gasteiger partial charge < -0.3 is 15.8 Å². The maximum atomic E-state index is 11.6. The SMILES string of the molecule is Cc1cc(N)c(NC(=O)COC(C)C)cc1C. The Morgan fingerprint density at radius 1 is 1.35 bits per heavy atom. The number of ether oxygens (including phenoxy) is 1. The average molecular weight is 236 g/mol. The Balaban J connectivity index is 2.68. The van der Waals surface area contributed by atoms with Gasteiger partial charge in [0.15, 0.2) is 0 Å². The van der Waals surface area contributed by atoms with Crippen LogP contribution in [-0.4, -0.2) is 18.6 Å². The van der Waals surface area contributed by atoms with Crippen molar-refractivity contribution >= 4 is 17.3 Å². The first-order valence-electron chi connectivity index (χ1n) is 5.68. The highest BCUT2D eigenvalue weighted by atomic mass is 16.5. The van der Waals surface area contributed by atoms with Crippen LogP contribution in [0.25, 0.3) is 0 Å². The molecule has 3 N–H and O–H groups in total. The van der Waals surface area contributed by atoms with Crippen LogP contribution in [0.2, 0.25) is 0 Å². The van der Waals surface area contributed by atoms with E-state index in [9.17, 15) is 4.79 Å². The van der Waals surface area contributed by atoms with E-state index in [1.165, 1.54) is 0 Å². The summed E-state index contributed by atoms with van der Waals surface area (Å²) in [6.07, 6.45) is 0.0397. The fourth-order valence-corrected chi connectivity index (χ4v) is 1.38. The van der Waals surface area contributed by atoms with Crippen LogP contribution in [-0.2, 0) is 9.53 Å².